The smallest absolute Gasteiger partial charge is 0.416 e. The third-order valence-electron chi connectivity index (χ3n) is 5.86. The molecular formula is C28H19F3N4O4. The van der Waals surface area contributed by atoms with Crippen LogP contribution in [-0.2, 0) is 11.0 Å². The third kappa shape index (κ3) is 5.55. The van der Waals surface area contributed by atoms with Crippen molar-refractivity contribution in [3.05, 3.63) is 106 Å². The molecule has 0 saturated carbocycles. The molecule has 11 heteroatoms. The van der Waals surface area contributed by atoms with Gasteiger partial charge in [-0.2, -0.15) is 18.4 Å². The molecular weight excluding hydrogens is 513 g/mol. The van der Waals surface area contributed by atoms with Crippen molar-refractivity contribution >= 4 is 11.9 Å². The molecule has 4 aromatic rings. The van der Waals surface area contributed by atoms with Crippen molar-refractivity contribution in [2.24, 2.45) is 0 Å². The summed E-state index contributed by atoms with van der Waals surface area (Å²) in [5.74, 6) is -2.46. The molecule has 0 spiro atoms. The lowest BCUT2D eigenvalue weighted by molar-refractivity contribution is -0.138. The highest BCUT2D eigenvalue weighted by molar-refractivity contribution is 5.95. The van der Waals surface area contributed by atoms with Gasteiger partial charge in [-0.05, 0) is 48.4 Å². The fourth-order valence-corrected chi connectivity index (χ4v) is 4.05. The Morgan fingerprint density at radius 1 is 1.03 bits per heavy atom. The molecule has 0 fully saturated rings. The number of nitrogens with zero attached hydrogens (tertiary/aromatic N) is 3. The van der Waals surface area contributed by atoms with Gasteiger partial charge >= 0.3 is 12.1 Å². The lowest BCUT2D eigenvalue weighted by atomic mass is 9.95. The van der Waals surface area contributed by atoms with Crippen molar-refractivity contribution in [2.75, 3.05) is 6.54 Å². The molecule has 1 aromatic heterocycles. The molecule has 1 heterocycles. The summed E-state index contributed by atoms with van der Waals surface area (Å²) in [4.78, 5) is 41.5. The molecule has 196 valence electrons. The minimum absolute atomic E-state index is 0.118. The first-order chi connectivity index (χ1) is 18.5. The summed E-state index contributed by atoms with van der Waals surface area (Å²) in [5.41, 5.74) is -0.420. The van der Waals surface area contributed by atoms with Gasteiger partial charge in [0.1, 0.15) is 6.54 Å². The topological polar surface area (TPSA) is 125 Å². The zero-order chi connectivity index (χ0) is 28.3. The first-order valence-corrected chi connectivity index (χ1v) is 11.4. The van der Waals surface area contributed by atoms with E-state index < -0.39 is 41.4 Å². The first kappa shape index (κ1) is 26.8. The van der Waals surface area contributed by atoms with Gasteiger partial charge < -0.3 is 10.4 Å². The van der Waals surface area contributed by atoms with Crippen molar-refractivity contribution in [3.8, 4) is 34.1 Å². The van der Waals surface area contributed by atoms with Gasteiger partial charge in [0.15, 0.2) is 5.69 Å². The van der Waals surface area contributed by atoms with Crippen LogP contribution in [0.15, 0.2) is 77.6 Å². The molecule has 39 heavy (non-hydrogen) atoms. The van der Waals surface area contributed by atoms with Crippen molar-refractivity contribution in [3.63, 3.8) is 0 Å². The van der Waals surface area contributed by atoms with E-state index >= 15 is 0 Å². The maximum Gasteiger partial charge on any atom is 0.416 e. The number of nitrogens with one attached hydrogen (secondary N) is 1. The van der Waals surface area contributed by atoms with Crippen molar-refractivity contribution in [1.82, 2.24) is 14.9 Å². The van der Waals surface area contributed by atoms with Gasteiger partial charge in [-0.25, -0.2) is 4.98 Å². The van der Waals surface area contributed by atoms with Gasteiger partial charge in [-0.3, -0.25) is 19.0 Å². The number of aromatic nitrogens is 2. The number of carbonyl (C=O) groups is 2. The Morgan fingerprint density at radius 2 is 1.69 bits per heavy atom. The summed E-state index contributed by atoms with van der Waals surface area (Å²) in [7, 11) is 0. The summed E-state index contributed by atoms with van der Waals surface area (Å²) in [6, 6.07) is 19.6. The second-order valence-corrected chi connectivity index (χ2v) is 8.39. The molecule has 3 aromatic carbocycles. The van der Waals surface area contributed by atoms with E-state index in [4.69, 9.17) is 10.4 Å². The molecule has 4 rings (SSSR count). The first-order valence-electron chi connectivity index (χ1n) is 11.4. The highest BCUT2D eigenvalue weighted by Crippen LogP contribution is 2.34. The van der Waals surface area contributed by atoms with Crippen LogP contribution in [0.2, 0.25) is 0 Å². The van der Waals surface area contributed by atoms with E-state index in [0.29, 0.717) is 22.3 Å². The Morgan fingerprint density at radius 3 is 2.31 bits per heavy atom. The third-order valence-corrected chi connectivity index (χ3v) is 5.86. The number of carboxylic acids is 1. The Bertz CT molecular complexity index is 1690. The minimum Gasteiger partial charge on any atom is -0.480 e. The monoisotopic (exact) mass is 532 g/mol. The normalized spacial score (nSPS) is 11.1. The average molecular weight is 532 g/mol. The van der Waals surface area contributed by atoms with E-state index in [1.165, 1.54) is 13.0 Å². The SMILES string of the molecule is Cc1c(-c2ccccc2-c2ccc(C#N)cc2)nc(C(=O)NCC(=O)O)c(=O)n1-c1cccc(C(F)(F)F)c1. The van der Waals surface area contributed by atoms with Gasteiger partial charge in [-0.1, -0.05) is 42.5 Å². The van der Waals surface area contributed by atoms with Crippen LogP contribution >= 0.6 is 0 Å². The number of hydrogen-bond donors (Lipinski definition) is 2. The van der Waals surface area contributed by atoms with Gasteiger partial charge in [0.25, 0.3) is 11.5 Å². The molecule has 0 atom stereocenters. The van der Waals surface area contributed by atoms with Gasteiger partial charge in [0, 0.05) is 16.9 Å². The number of rotatable bonds is 6. The van der Waals surface area contributed by atoms with E-state index in [2.05, 4.69) is 10.3 Å². The molecule has 0 bridgehead atoms. The van der Waals surface area contributed by atoms with Crippen LogP contribution in [-0.4, -0.2) is 33.1 Å². The number of alkyl halides is 3. The van der Waals surface area contributed by atoms with Crippen molar-refractivity contribution in [2.45, 2.75) is 13.1 Å². The molecule has 0 unspecified atom stereocenters. The number of carbonyl (C=O) groups excluding carboxylic acids is 1. The van der Waals surface area contributed by atoms with Crippen LogP contribution in [0.4, 0.5) is 13.2 Å². The van der Waals surface area contributed by atoms with Crippen LogP contribution in [0.3, 0.4) is 0 Å². The zero-order valence-electron chi connectivity index (χ0n) is 20.3. The Kier molecular flexibility index (Phi) is 7.31. The van der Waals surface area contributed by atoms with Crippen molar-refractivity contribution < 1.29 is 27.9 Å². The zero-order valence-corrected chi connectivity index (χ0v) is 20.3. The lowest BCUT2D eigenvalue weighted by Gasteiger charge is -2.18. The number of aliphatic carboxylic acids is 1. The van der Waals surface area contributed by atoms with E-state index in [1.54, 1.807) is 48.5 Å². The average Bonchev–Trinajstić information content (AvgIpc) is 2.92. The molecule has 0 radical (unpaired) electrons. The van der Waals surface area contributed by atoms with Crippen LogP contribution in [0.25, 0.3) is 28.1 Å². The molecule has 2 N–H and O–H groups in total. The van der Waals surface area contributed by atoms with E-state index in [9.17, 15) is 27.6 Å². The van der Waals surface area contributed by atoms with E-state index in [1.807, 2.05) is 6.07 Å². The predicted octanol–water partition coefficient (Wildman–Crippen LogP) is 4.58. The number of nitriles is 1. The lowest BCUT2D eigenvalue weighted by Crippen LogP contribution is -2.37. The second-order valence-electron chi connectivity index (χ2n) is 8.39. The molecule has 0 aliphatic heterocycles. The van der Waals surface area contributed by atoms with Gasteiger partial charge in [0.2, 0.25) is 0 Å². The summed E-state index contributed by atoms with van der Waals surface area (Å²) >= 11 is 0. The number of amides is 1. The molecule has 0 saturated heterocycles. The molecule has 0 aliphatic carbocycles. The van der Waals surface area contributed by atoms with Gasteiger partial charge in [0.05, 0.1) is 22.9 Å². The van der Waals surface area contributed by atoms with Crippen LogP contribution in [0.5, 0.6) is 0 Å². The minimum atomic E-state index is -4.69. The maximum atomic E-state index is 13.5. The largest absolute Gasteiger partial charge is 0.480 e. The Hall–Kier alpha value is -5.24. The van der Waals surface area contributed by atoms with Crippen LogP contribution < -0.4 is 10.9 Å². The predicted molar refractivity (Wildman–Crippen MR) is 135 cm³/mol. The quantitative estimate of drug-likeness (QED) is 0.375. The number of halogens is 3. The summed E-state index contributed by atoms with van der Waals surface area (Å²) in [5, 5.41) is 20.2. The van der Waals surface area contributed by atoms with Crippen LogP contribution in [0.1, 0.15) is 27.3 Å². The second kappa shape index (κ2) is 10.6. The fourth-order valence-electron chi connectivity index (χ4n) is 4.05. The number of hydrogen-bond acceptors (Lipinski definition) is 5. The summed E-state index contributed by atoms with van der Waals surface area (Å²) in [6.07, 6.45) is -4.69. The van der Waals surface area contributed by atoms with E-state index in [0.717, 1.165) is 22.8 Å². The molecule has 1 amide bonds. The van der Waals surface area contributed by atoms with Gasteiger partial charge in [-0.15, -0.1) is 0 Å². The summed E-state index contributed by atoms with van der Waals surface area (Å²) in [6.45, 7) is 0.688. The molecule has 8 nitrogen and oxygen atoms in total. The molecule has 0 aliphatic rings. The number of carboxylic acid groups (broad SMARTS) is 1. The Balaban J connectivity index is 2.01. The van der Waals surface area contributed by atoms with E-state index in [-0.39, 0.29) is 17.1 Å². The van der Waals surface area contributed by atoms with Crippen molar-refractivity contribution in [1.29, 1.82) is 5.26 Å². The summed E-state index contributed by atoms with van der Waals surface area (Å²) < 4.78 is 41.4. The Labute approximate surface area is 219 Å². The highest BCUT2D eigenvalue weighted by Gasteiger charge is 2.31. The maximum absolute atomic E-state index is 13.5. The number of benzene rings is 3. The fraction of sp³-hybridized carbons (Fsp3) is 0.107. The highest BCUT2D eigenvalue weighted by atomic mass is 19.4. The van der Waals surface area contributed by atoms with Crippen LogP contribution in [0, 0.1) is 18.3 Å². The standard InChI is InChI=1S/C28H19F3N4O4/c1-16-24(22-8-3-2-7-21(22)18-11-9-17(14-32)10-12-18)34-25(26(38)33-15-23(36)37)27(39)35(16)20-6-4-5-19(13-20)28(29,30)31/h2-13H,15H2,1H3,(H,33,38)(H,36,37).